The van der Waals surface area contributed by atoms with Gasteiger partial charge >= 0.3 is 5.82 Å². The highest BCUT2D eigenvalue weighted by Crippen LogP contribution is 2.28. The van der Waals surface area contributed by atoms with E-state index in [2.05, 4.69) is 34.2 Å². The maximum absolute atomic E-state index is 11.3. The molecule has 1 unspecified atom stereocenters. The number of thiazole rings is 1. The predicted molar refractivity (Wildman–Crippen MR) is 82.1 cm³/mol. The number of likely N-dealkylation sites (N-methyl/N-ethyl adjacent to an activating group) is 2. The lowest BCUT2D eigenvalue weighted by molar-refractivity contribution is -0.389. The number of nitrogens with one attached hydrogen (secondary N) is 1. The molecule has 3 heterocycles. The van der Waals surface area contributed by atoms with Crippen molar-refractivity contribution in [1.29, 1.82) is 0 Å². The topological polar surface area (TPSA) is 79.0 Å². The zero-order valence-electron chi connectivity index (χ0n) is 12.0. The Labute approximate surface area is 126 Å². The Morgan fingerprint density at radius 3 is 3.10 bits per heavy atom. The van der Waals surface area contributed by atoms with Crippen molar-refractivity contribution in [2.45, 2.75) is 6.04 Å². The number of nitro groups is 1. The van der Waals surface area contributed by atoms with Crippen LogP contribution in [0.2, 0.25) is 0 Å². The second-order valence-corrected chi connectivity index (χ2v) is 6.25. The van der Waals surface area contributed by atoms with Crippen molar-refractivity contribution >= 4 is 27.9 Å². The number of hydrogen-bond acceptors (Lipinski definition) is 7. The number of hydrogen-bond donors (Lipinski definition) is 1. The summed E-state index contributed by atoms with van der Waals surface area (Å²) in [4.78, 5) is 20.4. The van der Waals surface area contributed by atoms with E-state index in [4.69, 9.17) is 0 Å². The second kappa shape index (κ2) is 5.58. The third-order valence-corrected chi connectivity index (χ3v) is 4.65. The fraction of sp³-hybridized carbons (Fsp3) is 0.583. The summed E-state index contributed by atoms with van der Waals surface area (Å²) < 4.78 is 1.52. The zero-order chi connectivity index (χ0) is 15.0. The summed E-state index contributed by atoms with van der Waals surface area (Å²) in [6.45, 7) is 3.64. The van der Waals surface area contributed by atoms with E-state index in [9.17, 15) is 10.1 Å². The Morgan fingerprint density at radius 2 is 2.33 bits per heavy atom. The average Bonchev–Trinajstić information content (AvgIpc) is 2.99. The van der Waals surface area contributed by atoms with Crippen LogP contribution in [0, 0.1) is 10.1 Å². The molecule has 9 heteroatoms. The number of piperazine rings is 1. The molecule has 2 aromatic heterocycles. The standard InChI is InChI=1S/C12H18N6O2S/c1-15-3-4-16(2)9(8-15)7-13-10-11(18(19)20)17-5-6-21-12(17)14-10/h5-6,9,13H,3-4,7-8H2,1-2H3. The van der Waals surface area contributed by atoms with Crippen LogP contribution in [0.5, 0.6) is 0 Å². The quantitative estimate of drug-likeness (QED) is 0.669. The van der Waals surface area contributed by atoms with Gasteiger partial charge in [-0.3, -0.25) is 4.90 Å². The molecule has 0 saturated carbocycles. The summed E-state index contributed by atoms with van der Waals surface area (Å²) >= 11 is 1.39. The van der Waals surface area contributed by atoms with Crippen molar-refractivity contribution in [1.82, 2.24) is 19.2 Å². The molecule has 1 aliphatic rings. The molecule has 1 N–H and O–H groups in total. The smallest absolute Gasteiger partial charge is 0.361 e. The molecule has 1 fully saturated rings. The lowest BCUT2D eigenvalue weighted by Crippen LogP contribution is -2.52. The number of aromatic nitrogens is 2. The number of fused-ring (bicyclic) bond motifs is 1. The monoisotopic (exact) mass is 310 g/mol. The van der Waals surface area contributed by atoms with Crippen LogP contribution in [0.25, 0.3) is 4.96 Å². The fourth-order valence-electron chi connectivity index (χ4n) is 2.60. The Balaban J connectivity index is 1.77. The highest BCUT2D eigenvalue weighted by Gasteiger charge is 2.26. The van der Waals surface area contributed by atoms with Gasteiger partial charge in [0.2, 0.25) is 5.82 Å². The highest BCUT2D eigenvalue weighted by molar-refractivity contribution is 7.15. The van der Waals surface area contributed by atoms with Crippen LogP contribution in [0.15, 0.2) is 11.6 Å². The molecule has 1 aliphatic heterocycles. The van der Waals surface area contributed by atoms with Gasteiger partial charge in [-0.15, -0.1) is 0 Å². The summed E-state index contributed by atoms with van der Waals surface area (Å²) in [5.74, 6) is 0.367. The van der Waals surface area contributed by atoms with Crippen molar-refractivity contribution in [2.24, 2.45) is 0 Å². The molecule has 0 amide bonds. The molecule has 8 nitrogen and oxygen atoms in total. The predicted octanol–water partition coefficient (Wildman–Crippen LogP) is 0.962. The molecule has 3 rings (SSSR count). The van der Waals surface area contributed by atoms with Gasteiger partial charge in [-0.1, -0.05) is 11.3 Å². The van der Waals surface area contributed by atoms with Crippen LogP contribution in [-0.4, -0.2) is 70.4 Å². The number of rotatable bonds is 4. The minimum absolute atomic E-state index is 0.0121. The van der Waals surface area contributed by atoms with Crippen LogP contribution >= 0.6 is 11.3 Å². The van der Waals surface area contributed by atoms with E-state index in [1.165, 1.54) is 15.7 Å². The van der Waals surface area contributed by atoms with Crippen LogP contribution < -0.4 is 5.32 Å². The SMILES string of the molecule is CN1CCN(C)C(CNc2nc3sccn3c2[N+](=O)[O-])C1. The van der Waals surface area contributed by atoms with Gasteiger partial charge in [0.25, 0.3) is 4.96 Å². The highest BCUT2D eigenvalue weighted by atomic mass is 32.1. The summed E-state index contributed by atoms with van der Waals surface area (Å²) in [7, 11) is 4.18. The fourth-order valence-corrected chi connectivity index (χ4v) is 3.31. The molecule has 0 spiro atoms. The van der Waals surface area contributed by atoms with Gasteiger partial charge in [-0.2, -0.15) is 9.38 Å². The Kier molecular flexibility index (Phi) is 3.79. The molecule has 0 radical (unpaired) electrons. The maximum atomic E-state index is 11.3. The summed E-state index contributed by atoms with van der Waals surface area (Å²) in [6, 6.07) is 0.322. The van der Waals surface area contributed by atoms with Crippen molar-refractivity contribution in [3.63, 3.8) is 0 Å². The summed E-state index contributed by atoms with van der Waals surface area (Å²) in [5, 5.41) is 16.2. The Bertz CT molecular complexity index is 653. The van der Waals surface area contributed by atoms with Crippen molar-refractivity contribution in [3.05, 3.63) is 21.7 Å². The molecular formula is C12H18N6O2S. The van der Waals surface area contributed by atoms with Crippen molar-refractivity contribution in [3.8, 4) is 0 Å². The third-order valence-electron chi connectivity index (χ3n) is 3.90. The molecule has 21 heavy (non-hydrogen) atoms. The first-order valence-electron chi connectivity index (χ1n) is 6.79. The molecule has 1 atom stereocenters. The minimum atomic E-state index is -0.383. The van der Waals surface area contributed by atoms with E-state index >= 15 is 0 Å². The van der Waals surface area contributed by atoms with Gasteiger partial charge in [-0.25, -0.2) is 0 Å². The van der Waals surface area contributed by atoms with Gasteiger partial charge in [0.05, 0.1) is 0 Å². The first-order valence-corrected chi connectivity index (χ1v) is 7.67. The Hall–Kier alpha value is -1.71. The molecule has 114 valence electrons. The lowest BCUT2D eigenvalue weighted by Gasteiger charge is -2.37. The van der Waals surface area contributed by atoms with Crippen molar-refractivity contribution in [2.75, 3.05) is 45.6 Å². The molecule has 0 aromatic carbocycles. The first-order chi connectivity index (χ1) is 10.1. The van der Waals surface area contributed by atoms with Gasteiger partial charge < -0.3 is 20.3 Å². The van der Waals surface area contributed by atoms with E-state index in [0.717, 1.165) is 19.6 Å². The minimum Gasteiger partial charge on any atom is -0.361 e. The molecule has 1 saturated heterocycles. The number of nitrogens with zero attached hydrogens (tertiary/aromatic N) is 5. The van der Waals surface area contributed by atoms with Crippen LogP contribution in [0.1, 0.15) is 0 Å². The Morgan fingerprint density at radius 1 is 1.52 bits per heavy atom. The first kappa shape index (κ1) is 14.2. The molecule has 0 aliphatic carbocycles. The van der Waals surface area contributed by atoms with E-state index in [1.54, 1.807) is 11.6 Å². The molecule has 0 bridgehead atoms. The van der Waals surface area contributed by atoms with E-state index in [-0.39, 0.29) is 10.7 Å². The van der Waals surface area contributed by atoms with Gasteiger partial charge in [-0.05, 0) is 19.0 Å². The van der Waals surface area contributed by atoms with E-state index < -0.39 is 0 Å². The summed E-state index contributed by atoms with van der Waals surface area (Å²) in [6.07, 6.45) is 1.68. The number of imidazole rings is 1. The number of anilines is 1. The van der Waals surface area contributed by atoms with Gasteiger partial charge in [0.1, 0.15) is 6.20 Å². The van der Waals surface area contributed by atoms with E-state index in [1.807, 2.05) is 0 Å². The summed E-state index contributed by atoms with van der Waals surface area (Å²) in [5.41, 5.74) is 0. The largest absolute Gasteiger partial charge is 0.372 e. The van der Waals surface area contributed by atoms with E-state index in [0.29, 0.717) is 23.4 Å². The van der Waals surface area contributed by atoms with Gasteiger partial charge in [0.15, 0.2) is 0 Å². The third kappa shape index (κ3) is 2.71. The van der Waals surface area contributed by atoms with Crippen LogP contribution in [0.4, 0.5) is 11.6 Å². The zero-order valence-corrected chi connectivity index (χ0v) is 12.8. The van der Waals surface area contributed by atoms with Crippen LogP contribution in [0.3, 0.4) is 0 Å². The second-order valence-electron chi connectivity index (χ2n) is 5.37. The normalized spacial score (nSPS) is 21.0. The molecular weight excluding hydrogens is 292 g/mol. The average molecular weight is 310 g/mol. The van der Waals surface area contributed by atoms with Crippen molar-refractivity contribution < 1.29 is 4.92 Å². The van der Waals surface area contributed by atoms with Gasteiger partial charge in [0, 0.05) is 37.6 Å². The van der Waals surface area contributed by atoms with Crippen LogP contribution in [-0.2, 0) is 0 Å². The lowest BCUT2D eigenvalue weighted by atomic mass is 10.2. The molecule has 2 aromatic rings. The maximum Gasteiger partial charge on any atom is 0.372 e.